The summed E-state index contributed by atoms with van der Waals surface area (Å²) in [6.07, 6.45) is -16.1. The molecule has 1 aromatic rings. The van der Waals surface area contributed by atoms with Gasteiger partial charge in [0.15, 0.2) is 6.29 Å². The van der Waals surface area contributed by atoms with E-state index in [1.165, 1.54) is 25.1 Å². The van der Waals surface area contributed by atoms with Gasteiger partial charge in [0, 0.05) is 17.9 Å². The summed E-state index contributed by atoms with van der Waals surface area (Å²) < 4.78 is 32.7. The van der Waals surface area contributed by atoms with Crippen LogP contribution in [0.1, 0.15) is 18.9 Å². The Morgan fingerprint density at radius 2 is 1.40 bits per heavy atom. The van der Waals surface area contributed by atoms with Crippen LogP contribution < -0.4 is 0 Å². The predicted octanol–water partition coefficient (Wildman–Crippen LogP) is -3.17. The van der Waals surface area contributed by atoms with Gasteiger partial charge in [0.1, 0.15) is 54.6 Å². The fourth-order valence-electron chi connectivity index (χ4n) is 5.32. The van der Waals surface area contributed by atoms with Crippen LogP contribution in [0, 0.1) is 5.92 Å². The monoisotopic (exact) mass is 672 g/mol. The maximum absolute atomic E-state index is 13.3. The lowest BCUT2D eigenvalue weighted by Gasteiger charge is -2.42. The molecule has 0 amide bonds. The molecular weight excluding hydrogens is 632 g/mol. The van der Waals surface area contributed by atoms with Crippen molar-refractivity contribution < 1.29 is 84.0 Å². The minimum Gasteiger partial charge on any atom is -0.508 e. The van der Waals surface area contributed by atoms with Crippen molar-refractivity contribution in [2.24, 2.45) is 5.92 Å². The van der Waals surface area contributed by atoms with Crippen LogP contribution in [0.3, 0.4) is 0 Å². The number of hydrogen-bond acceptors (Lipinski definition) is 17. The SMILES string of the molecule is CC=C1C(OC2OC(CO)C(O)C(O)C2O)OC=C(C(=O)OCCc2ccc(O)cc2)C1CC(=O)OC1OC(CO)C(O)C(O)C1O. The second kappa shape index (κ2) is 16.3. The maximum Gasteiger partial charge on any atom is 0.337 e. The van der Waals surface area contributed by atoms with Crippen molar-refractivity contribution >= 4 is 11.9 Å². The molecule has 0 spiro atoms. The minimum absolute atomic E-state index is 0.0630. The van der Waals surface area contributed by atoms with Crippen LogP contribution in [0.5, 0.6) is 5.75 Å². The number of carbonyl (C=O) groups excluding carboxylic acids is 2. The Hall–Kier alpha value is -3.20. The van der Waals surface area contributed by atoms with Crippen LogP contribution in [0.25, 0.3) is 0 Å². The van der Waals surface area contributed by atoms with Gasteiger partial charge in [0.2, 0.25) is 12.6 Å². The number of allylic oxidation sites excluding steroid dienone is 1. The molecule has 1 aromatic carbocycles. The molecule has 4 rings (SSSR count). The molecule has 3 heterocycles. The molecule has 2 fully saturated rings. The van der Waals surface area contributed by atoms with Crippen LogP contribution in [0.15, 0.2) is 47.7 Å². The third-order valence-corrected chi connectivity index (χ3v) is 8.07. The Labute approximate surface area is 268 Å². The Morgan fingerprint density at radius 1 is 0.830 bits per heavy atom. The Kier molecular flexibility index (Phi) is 12.7. The van der Waals surface area contributed by atoms with Gasteiger partial charge in [-0.2, -0.15) is 0 Å². The molecule has 0 aliphatic carbocycles. The first kappa shape index (κ1) is 36.6. The zero-order valence-electron chi connectivity index (χ0n) is 25.2. The molecule has 2 saturated heterocycles. The van der Waals surface area contributed by atoms with E-state index in [-0.39, 0.29) is 29.9 Å². The maximum atomic E-state index is 13.3. The molecular formula is C30H40O17. The van der Waals surface area contributed by atoms with Crippen molar-refractivity contribution in [1.82, 2.24) is 0 Å². The van der Waals surface area contributed by atoms with E-state index in [9.17, 15) is 55.5 Å². The van der Waals surface area contributed by atoms with Crippen LogP contribution in [0.4, 0.5) is 0 Å². The zero-order chi connectivity index (χ0) is 34.4. The van der Waals surface area contributed by atoms with Gasteiger partial charge in [-0.1, -0.05) is 18.2 Å². The number of rotatable bonds is 11. The second-order valence-electron chi connectivity index (χ2n) is 11.2. The van der Waals surface area contributed by atoms with Gasteiger partial charge in [-0.25, -0.2) is 4.79 Å². The van der Waals surface area contributed by atoms with Gasteiger partial charge in [-0.15, -0.1) is 0 Å². The van der Waals surface area contributed by atoms with Gasteiger partial charge in [-0.05, 0) is 24.6 Å². The van der Waals surface area contributed by atoms with Crippen molar-refractivity contribution in [2.45, 2.75) is 87.5 Å². The first-order chi connectivity index (χ1) is 22.4. The average molecular weight is 673 g/mol. The van der Waals surface area contributed by atoms with Gasteiger partial charge >= 0.3 is 11.9 Å². The number of phenolic OH excluding ortho intramolecular Hbond substituents is 1. The summed E-state index contributed by atoms with van der Waals surface area (Å²) in [5.41, 5.74) is 0.718. The molecule has 0 bridgehead atoms. The molecule has 9 N–H and O–H groups in total. The van der Waals surface area contributed by atoms with Crippen LogP contribution in [-0.2, 0) is 44.4 Å². The average Bonchev–Trinajstić information content (AvgIpc) is 3.06. The van der Waals surface area contributed by atoms with E-state index in [0.717, 1.165) is 11.8 Å². The number of esters is 2. The Balaban J connectivity index is 1.53. The standard InChI is InChI=1S/C30H40O17/c1-2-15-16(9-20(34)46-29-25(39)23(37)21(35)18(10-31)44-29)17(27(41)42-8-7-13-3-5-14(33)6-4-13)12-43-28(15)47-30-26(40)24(38)22(36)19(11-32)45-30/h2-6,12,16,18-19,21-26,28-33,35-40H,7-11H2,1H3. The number of aliphatic hydroxyl groups is 8. The molecule has 12 atom stereocenters. The van der Waals surface area contributed by atoms with E-state index in [4.69, 9.17) is 28.4 Å². The predicted molar refractivity (Wildman–Crippen MR) is 152 cm³/mol. The molecule has 0 aromatic heterocycles. The number of phenols is 1. The molecule has 3 aliphatic rings. The zero-order valence-corrected chi connectivity index (χ0v) is 25.2. The van der Waals surface area contributed by atoms with Crippen molar-refractivity contribution in [3.63, 3.8) is 0 Å². The lowest BCUT2D eigenvalue weighted by atomic mass is 9.86. The van der Waals surface area contributed by atoms with Gasteiger partial charge in [0.05, 0.1) is 38.1 Å². The molecule has 12 unspecified atom stereocenters. The van der Waals surface area contributed by atoms with Crippen molar-refractivity contribution in [2.75, 3.05) is 19.8 Å². The normalized spacial score (nSPS) is 36.7. The highest BCUT2D eigenvalue weighted by Gasteiger charge is 2.48. The van der Waals surface area contributed by atoms with Gasteiger partial charge < -0.3 is 74.4 Å². The number of ether oxygens (including phenoxy) is 6. The highest BCUT2D eigenvalue weighted by Crippen LogP contribution is 2.37. The summed E-state index contributed by atoms with van der Waals surface area (Å²) in [6.45, 7) is -0.0584. The third kappa shape index (κ3) is 8.45. The van der Waals surface area contributed by atoms with E-state index in [0.29, 0.717) is 0 Å². The summed E-state index contributed by atoms with van der Waals surface area (Å²) in [4.78, 5) is 26.5. The third-order valence-electron chi connectivity index (χ3n) is 8.07. The molecule has 0 saturated carbocycles. The van der Waals surface area contributed by atoms with Crippen molar-refractivity contribution in [1.29, 1.82) is 0 Å². The van der Waals surface area contributed by atoms with Crippen LogP contribution in [0.2, 0.25) is 0 Å². The molecule has 3 aliphatic heterocycles. The summed E-state index contributed by atoms with van der Waals surface area (Å²) in [6, 6.07) is 6.23. The lowest BCUT2D eigenvalue weighted by Crippen LogP contribution is -2.60. The molecule has 262 valence electrons. The Bertz CT molecular complexity index is 1260. The van der Waals surface area contributed by atoms with Crippen molar-refractivity contribution in [3.05, 3.63) is 53.3 Å². The summed E-state index contributed by atoms with van der Waals surface area (Å²) in [5.74, 6) is -3.06. The van der Waals surface area contributed by atoms with E-state index in [2.05, 4.69) is 0 Å². The fourth-order valence-corrected chi connectivity index (χ4v) is 5.32. The van der Waals surface area contributed by atoms with Crippen LogP contribution >= 0.6 is 0 Å². The Morgan fingerprint density at radius 3 is 1.98 bits per heavy atom. The van der Waals surface area contributed by atoms with E-state index in [1.54, 1.807) is 12.1 Å². The highest BCUT2D eigenvalue weighted by molar-refractivity contribution is 5.91. The molecule has 47 heavy (non-hydrogen) atoms. The quantitative estimate of drug-likeness (QED) is 0.0828. The first-order valence-electron chi connectivity index (χ1n) is 14.8. The minimum atomic E-state index is -1.88. The van der Waals surface area contributed by atoms with Crippen LogP contribution in [-0.4, -0.2) is 145 Å². The topological polar surface area (TPSA) is 272 Å². The largest absolute Gasteiger partial charge is 0.508 e. The van der Waals surface area contributed by atoms with E-state index in [1.807, 2.05) is 0 Å². The second-order valence-corrected chi connectivity index (χ2v) is 11.2. The summed E-state index contributed by atoms with van der Waals surface area (Å²) in [7, 11) is 0. The number of carbonyl (C=O) groups is 2. The highest BCUT2D eigenvalue weighted by atomic mass is 16.8. The molecule has 17 nitrogen and oxygen atoms in total. The van der Waals surface area contributed by atoms with E-state index < -0.39 is 105 Å². The number of aromatic hydroxyl groups is 1. The van der Waals surface area contributed by atoms with Gasteiger partial charge in [-0.3, -0.25) is 4.79 Å². The fraction of sp³-hybridized carbons (Fsp3) is 0.600. The van der Waals surface area contributed by atoms with E-state index >= 15 is 0 Å². The number of benzene rings is 1. The summed E-state index contributed by atoms with van der Waals surface area (Å²) >= 11 is 0. The molecule has 17 heteroatoms. The van der Waals surface area contributed by atoms with Gasteiger partial charge in [0.25, 0.3) is 0 Å². The smallest absolute Gasteiger partial charge is 0.337 e. The first-order valence-corrected chi connectivity index (χ1v) is 14.8. The lowest BCUT2D eigenvalue weighted by molar-refractivity contribution is -0.327. The number of hydrogen-bond donors (Lipinski definition) is 9. The molecule has 0 radical (unpaired) electrons. The van der Waals surface area contributed by atoms with Crippen molar-refractivity contribution in [3.8, 4) is 5.75 Å². The number of aliphatic hydroxyl groups excluding tert-OH is 8. The summed E-state index contributed by atoms with van der Waals surface area (Å²) in [5, 5.41) is 89.6.